The molecule has 9 heteroatoms. The molecule has 0 amide bonds. The molecule has 0 fully saturated rings. The summed E-state index contributed by atoms with van der Waals surface area (Å²) in [5, 5.41) is 21.6. The first-order valence-corrected chi connectivity index (χ1v) is 7.17. The summed E-state index contributed by atoms with van der Waals surface area (Å²) < 4.78 is 43.3. The van der Waals surface area contributed by atoms with Gasteiger partial charge in [0.15, 0.2) is 0 Å². The molecule has 136 valence electrons. The minimum atomic E-state index is -4.62. The summed E-state index contributed by atoms with van der Waals surface area (Å²) in [5.74, 6) is -1.21. The molecule has 0 heterocycles. The fraction of sp³-hybridized carbons (Fsp3) is 0.312. The molecular formula is C16H18F3N3O3. The Morgan fingerprint density at radius 2 is 2.00 bits per heavy atom. The number of phenols is 1. The highest BCUT2D eigenvalue weighted by Gasteiger charge is 2.31. The van der Waals surface area contributed by atoms with Gasteiger partial charge in [-0.2, -0.15) is 18.3 Å². The molecule has 6 nitrogen and oxygen atoms in total. The Bertz CT molecular complexity index is 698. The van der Waals surface area contributed by atoms with Gasteiger partial charge in [0.25, 0.3) is 0 Å². The van der Waals surface area contributed by atoms with Crippen LogP contribution in [0.1, 0.15) is 31.9 Å². The summed E-state index contributed by atoms with van der Waals surface area (Å²) >= 11 is 0. The summed E-state index contributed by atoms with van der Waals surface area (Å²) in [7, 11) is 0. The number of ether oxygens (including phenoxy) is 1. The van der Waals surface area contributed by atoms with Crippen molar-refractivity contribution < 1.29 is 27.8 Å². The van der Waals surface area contributed by atoms with E-state index in [-0.39, 0.29) is 17.4 Å². The van der Waals surface area contributed by atoms with Crippen LogP contribution in [0.2, 0.25) is 0 Å². The lowest BCUT2D eigenvalue weighted by molar-refractivity contribution is -0.141. The molecule has 1 aromatic rings. The van der Waals surface area contributed by atoms with Gasteiger partial charge in [-0.05, 0) is 39.0 Å². The van der Waals surface area contributed by atoms with E-state index in [9.17, 15) is 23.1 Å². The van der Waals surface area contributed by atoms with E-state index < -0.39 is 23.5 Å². The standard InChI is InChI=1S/C16H18F3N3O3/c1-10(2)25-15(24)4-5-22(9-20)21-11(3)12-6-13(16(17,18)19)8-14(23)7-12/h4-10,20,23H,1-3H3/b5-4-,20-9?,21-11+. The molecule has 0 saturated heterocycles. The van der Waals surface area contributed by atoms with Crippen molar-refractivity contribution in [1.29, 1.82) is 5.41 Å². The zero-order chi connectivity index (χ0) is 19.2. The predicted octanol–water partition coefficient (Wildman–Crippen LogP) is 3.51. The zero-order valence-electron chi connectivity index (χ0n) is 13.8. The molecule has 25 heavy (non-hydrogen) atoms. The highest BCUT2D eigenvalue weighted by molar-refractivity contribution is 5.99. The predicted molar refractivity (Wildman–Crippen MR) is 86.3 cm³/mol. The molecule has 1 aromatic carbocycles. The number of halogens is 3. The van der Waals surface area contributed by atoms with Crippen molar-refractivity contribution in [3.05, 3.63) is 41.6 Å². The minimum absolute atomic E-state index is 0.0253. The molecule has 0 aliphatic carbocycles. The lowest BCUT2D eigenvalue weighted by Crippen LogP contribution is -2.13. The van der Waals surface area contributed by atoms with Crippen molar-refractivity contribution in [2.75, 3.05) is 0 Å². The first kappa shape index (κ1) is 20.2. The first-order chi connectivity index (χ1) is 11.5. The first-order valence-electron chi connectivity index (χ1n) is 7.17. The maximum atomic E-state index is 12.8. The number of aromatic hydroxyl groups is 1. The highest BCUT2D eigenvalue weighted by atomic mass is 19.4. The molecular weight excluding hydrogens is 339 g/mol. The number of rotatable bonds is 6. The molecule has 0 aliphatic heterocycles. The summed E-state index contributed by atoms with van der Waals surface area (Å²) in [6.07, 6.45) is -2.00. The van der Waals surface area contributed by atoms with E-state index in [0.29, 0.717) is 6.07 Å². The molecule has 0 atom stereocenters. The number of nitrogens with zero attached hydrogens (tertiary/aromatic N) is 2. The summed E-state index contributed by atoms with van der Waals surface area (Å²) in [6, 6.07) is 2.55. The number of carbonyl (C=O) groups excluding carboxylic acids is 1. The van der Waals surface area contributed by atoms with Gasteiger partial charge < -0.3 is 9.84 Å². The second-order valence-corrected chi connectivity index (χ2v) is 5.26. The number of carbonyl (C=O) groups is 1. The van der Waals surface area contributed by atoms with Crippen LogP contribution in [0.4, 0.5) is 13.2 Å². The van der Waals surface area contributed by atoms with E-state index in [4.69, 9.17) is 10.1 Å². The number of hydrogen-bond donors (Lipinski definition) is 2. The van der Waals surface area contributed by atoms with E-state index in [0.717, 1.165) is 35.8 Å². The normalized spacial score (nSPS) is 12.5. The minimum Gasteiger partial charge on any atom is -0.508 e. The van der Waals surface area contributed by atoms with Gasteiger partial charge in [0.1, 0.15) is 12.1 Å². The third-order valence-corrected chi connectivity index (χ3v) is 2.78. The Hall–Kier alpha value is -2.84. The molecule has 0 aliphatic rings. The van der Waals surface area contributed by atoms with Crippen molar-refractivity contribution in [1.82, 2.24) is 5.01 Å². The largest absolute Gasteiger partial charge is 0.508 e. The van der Waals surface area contributed by atoms with Gasteiger partial charge in [0, 0.05) is 17.8 Å². The van der Waals surface area contributed by atoms with E-state index in [1.54, 1.807) is 13.8 Å². The van der Waals surface area contributed by atoms with Crippen LogP contribution in [0.5, 0.6) is 5.75 Å². The summed E-state index contributed by atoms with van der Waals surface area (Å²) in [4.78, 5) is 11.4. The zero-order valence-corrected chi connectivity index (χ0v) is 13.8. The van der Waals surface area contributed by atoms with Crippen molar-refractivity contribution in [3.63, 3.8) is 0 Å². The van der Waals surface area contributed by atoms with Gasteiger partial charge in [-0.15, -0.1) is 0 Å². The van der Waals surface area contributed by atoms with Gasteiger partial charge >= 0.3 is 12.1 Å². The van der Waals surface area contributed by atoms with Gasteiger partial charge in [0.05, 0.1) is 17.4 Å². The third-order valence-electron chi connectivity index (χ3n) is 2.78. The lowest BCUT2D eigenvalue weighted by atomic mass is 10.1. The second-order valence-electron chi connectivity index (χ2n) is 5.26. The Labute approximate surface area is 142 Å². The van der Waals surface area contributed by atoms with Gasteiger partial charge in [0.2, 0.25) is 0 Å². The number of benzene rings is 1. The average molecular weight is 357 g/mol. The highest BCUT2D eigenvalue weighted by Crippen LogP contribution is 2.32. The molecule has 0 bridgehead atoms. The Morgan fingerprint density at radius 3 is 2.52 bits per heavy atom. The number of alkyl halides is 3. The average Bonchev–Trinajstić information content (AvgIpc) is 2.49. The van der Waals surface area contributed by atoms with E-state index >= 15 is 0 Å². The van der Waals surface area contributed by atoms with Crippen LogP contribution >= 0.6 is 0 Å². The Morgan fingerprint density at radius 1 is 1.36 bits per heavy atom. The van der Waals surface area contributed by atoms with E-state index in [1.165, 1.54) is 6.92 Å². The van der Waals surface area contributed by atoms with Crippen molar-refractivity contribution in [3.8, 4) is 5.75 Å². The van der Waals surface area contributed by atoms with Crippen molar-refractivity contribution in [2.24, 2.45) is 5.10 Å². The fourth-order valence-electron chi connectivity index (χ4n) is 1.73. The number of esters is 1. The maximum Gasteiger partial charge on any atom is 0.416 e. The number of nitrogens with one attached hydrogen (secondary N) is 1. The van der Waals surface area contributed by atoms with Crippen molar-refractivity contribution in [2.45, 2.75) is 33.1 Å². The molecule has 0 radical (unpaired) electrons. The quantitative estimate of drug-likeness (QED) is 0.268. The van der Waals surface area contributed by atoms with Crippen molar-refractivity contribution >= 4 is 18.0 Å². The second kappa shape index (κ2) is 8.32. The molecule has 0 aromatic heterocycles. The third kappa shape index (κ3) is 6.66. The molecule has 0 spiro atoms. The maximum absolute atomic E-state index is 12.8. The summed E-state index contributed by atoms with van der Waals surface area (Å²) in [6.45, 7) is 4.75. The van der Waals surface area contributed by atoms with Gasteiger partial charge in [-0.1, -0.05) is 0 Å². The van der Waals surface area contributed by atoms with Crippen LogP contribution < -0.4 is 0 Å². The van der Waals surface area contributed by atoms with Crippen LogP contribution in [0, 0.1) is 5.41 Å². The van der Waals surface area contributed by atoms with Crippen LogP contribution in [0.3, 0.4) is 0 Å². The topological polar surface area (TPSA) is 86.0 Å². The molecule has 1 rings (SSSR count). The van der Waals surface area contributed by atoms with Gasteiger partial charge in [-0.3, -0.25) is 5.41 Å². The Balaban J connectivity index is 3.05. The Kier molecular flexibility index (Phi) is 6.72. The van der Waals surface area contributed by atoms with Crippen LogP contribution in [0.15, 0.2) is 35.6 Å². The van der Waals surface area contributed by atoms with E-state index in [1.807, 2.05) is 0 Å². The molecule has 0 saturated carbocycles. The van der Waals surface area contributed by atoms with Gasteiger partial charge in [-0.25, -0.2) is 9.80 Å². The molecule has 2 N–H and O–H groups in total. The number of hydrazone groups is 1. The van der Waals surface area contributed by atoms with Crippen LogP contribution in [-0.2, 0) is 15.7 Å². The van der Waals surface area contributed by atoms with Crippen LogP contribution in [-0.4, -0.2) is 34.2 Å². The molecule has 0 unspecified atom stereocenters. The summed E-state index contributed by atoms with van der Waals surface area (Å²) in [5.41, 5.74) is -0.890. The number of hydrogen-bond acceptors (Lipinski definition) is 5. The number of phenolic OH excluding ortho intramolecular Hbond substituents is 1. The smallest absolute Gasteiger partial charge is 0.416 e. The fourth-order valence-corrected chi connectivity index (χ4v) is 1.73. The van der Waals surface area contributed by atoms with Crippen LogP contribution in [0.25, 0.3) is 0 Å². The SMILES string of the molecule is C/C(=N\N(C=N)/C=C\C(=O)OC(C)C)c1cc(O)cc(C(F)(F)F)c1. The monoisotopic (exact) mass is 357 g/mol. The lowest BCUT2D eigenvalue weighted by Gasteiger charge is -2.12. The van der Waals surface area contributed by atoms with E-state index in [2.05, 4.69) is 5.10 Å².